The minimum Gasteiger partial charge on any atom is -0.345 e. The first-order chi connectivity index (χ1) is 9.56. The fourth-order valence-corrected chi connectivity index (χ4v) is 4.55. The summed E-state index contributed by atoms with van der Waals surface area (Å²) in [6.45, 7) is 6.30. The highest BCUT2D eigenvalue weighted by Crippen LogP contribution is 2.43. The summed E-state index contributed by atoms with van der Waals surface area (Å²) in [7, 11) is 0. The van der Waals surface area contributed by atoms with E-state index in [2.05, 4.69) is 38.2 Å². The van der Waals surface area contributed by atoms with Crippen molar-refractivity contribution in [3.63, 3.8) is 0 Å². The van der Waals surface area contributed by atoms with E-state index in [0.29, 0.717) is 5.92 Å². The summed E-state index contributed by atoms with van der Waals surface area (Å²) in [5.74, 6) is 0.708. The van der Waals surface area contributed by atoms with Gasteiger partial charge in [0.2, 0.25) is 0 Å². The fourth-order valence-electron chi connectivity index (χ4n) is 2.64. The Hall–Kier alpha value is -1.13. The van der Waals surface area contributed by atoms with Gasteiger partial charge in [0.1, 0.15) is 0 Å². The molecule has 1 saturated carbocycles. The predicted molar refractivity (Wildman–Crippen MR) is 86.0 cm³/mol. The van der Waals surface area contributed by atoms with Crippen LogP contribution in [-0.4, -0.2) is 5.91 Å². The quantitative estimate of drug-likeness (QED) is 0.864. The maximum Gasteiger partial charge on any atom is 0.262 e. The zero-order valence-corrected chi connectivity index (χ0v) is 13.7. The van der Waals surface area contributed by atoms with Crippen molar-refractivity contribution >= 4 is 28.6 Å². The maximum absolute atomic E-state index is 12.5. The van der Waals surface area contributed by atoms with Crippen molar-refractivity contribution in [2.24, 2.45) is 0 Å². The predicted octanol–water partition coefficient (Wildman–Crippen LogP) is 4.79. The molecule has 1 fully saturated rings. The molecule has 0 aliphatic heterocycles. The molecule has 2 aromatic rings. The molecule has 20 heavy (non-hydrogen) atoms. The lowest BCUT2D eigenvalue weighted by Gasteiger charge is -2.14. The first-order valence-corrected chi connectivity index (χ1v) is 8.71. The van der Waals surface area contributed by atoms with E-state index >= 15 is 0 Å². The SMILES string of the molecule is Cc1cc([C@@H](C)NC(=O)c2sccc2C2CC2)c(C)s1. The maximum atomic E-state index is 12.5. The van der Waals surface area contributed by atoms with E-state index in [0.717, 1.165) is 4.88 Å². The van der Waals surface area contributed by atoms with Crippen molar-refractivity contribution < 1.29 is 4.79 Å². The Morgan fingerprint density at radius 2 is 2.15 bits per heavy atom. The minimum absolute atomic E-state index is 0.0709. The number of hydrogen-bond acceptors (Lipinski definition) is 3. The van der Waals surface area contributed by atoms with Gasteiger partial charge in [0.05, 0.1) is 10.9 Å². The first kappa shape index (κ1) is 13.8. The molecule has 1 amide bonds. The Bertz CT molecular complexity index is 637. The van der Waals surface area contributed by atoms with Crippen molar-refractivity contribution in [3.05, 3.63) is 43.3 Å². The molecule has 0 aromatic carbocycles. The molecule has 2 aromatic heterocycles. The number of carbonyl (C=O) groups excluding carboxylic acids is 1. The molecular formula is C16H19NOS2. The van der Waals surface area contributed by atoms with Crippen LogP contribution in [0.15, 0.2) is 17.5 Å². The molecule has 2 heterocycles. The molecular weight excluding hydrogens is 286 g/mol. The van der Waals surface area contributed by atoms with Gasteiger partial charge >= 0.3 is 0 Å². The number of carbonyl (C=O) groups is 1. The van der Waals surface area contributed by atoms with Gasteiger partial charge < -0.3 is 5.32 Å². The summed E-state index contributed by atoms with van der Waals surface area (Å²) >= 11 is 3.35. The number of amides is 1. The monoisotopic (exact) mass is 305 g/mol. The number of hydrogen-bond donors (Lipinski definition) is 1. The van der Waals surface area contributed by atoms with Gasteiger partial charge in [0.15, 0.2) is 0 Å². The lowest BCUT2D eigenvalue weighted by molar-refractivity contribution is 0.0943. The minimum atomic E-state index is 0.0709. The standard InChI is InChI=1S/C16H19NOS2/c1-9-8-14(11(3)20-9)10(2)17-16(18)15-13(6-7-19-15)12-4-5-12/h6-8,10,12H,4-5H2,1-3H3,(H,17,18)/t10-/m1/s1. The highest BCUT2D eigenvalue weighted by Gasteiger charge is 2.29. The van der Waals surface area contributed by atoms with E-state index in [-0.39, 0.29) is 11.9 Å². The molecule has 0 unspecified atom stereocenters. The molecule has 4 heteroatoms. The third kappa shape index (κ3) is 2.67. The van der Waals surface area contributed by atoms with E-state index in [4.69, 9.17) is 0 Å². The highest BCUT2D eigenvalue weighted by atomic mass is 32.1. The second kappa shape index (κ2) is 5.34. The van der Waals surface area contributed by atoms with Crippen LogP contribution in [0.3, 0.4) is 0 Å². The zero-order valence-electron chi connectivity index (χ0n) is 12.0. The summed E-state index contributed by atoms with van der Waals surface area (Å²) < 4.78 is 0. The fraction of sp³-hybridized carbons (Fsp3) is 0.438. The molecule has 0 saturated heterocycles. The summed E-state index contributed by atoms with van der Waals surface area (Å²) in [6.07, 6.45) is 2.46. The average molecular weight is 305 g/mol. The number of aryl methyl sites for hydroxylation is 2. The van der Waals surface area contributed by atoms with Crippen LogP contribution in [0.5, 0.6) is 0 Å². The normalized spacial score (nSPS) is 16.1. The average Bonchev–Trinajstić information content (AvgIpc) is 3.01. The molecule has 1 atom stereocenters. The topological polar surface area (TPSA) is 29.1 Å². The summed E-state index contributed by atoms with van der Waals surface area (Å²) in [5, 5.41) is 5.19. The number of rotatable bonds is 4. The van der Waals surface area contributed by atoms with Gasteiger partial charge in [-0.25, -0.2) is 0 Å². The van der Waals surface area contributed by atoms with Gasteiger partial charge in [0.25, 0.3) is 5.91 Å². The van der Waals surface area contributed by atoms with E-state index in [1.54, 1.807) is 22.7 Å². The van der Waals surface area contributed by atoms with E-state index in [1.165, 1.54) is 33.7 Å². The molecule has 3 rings (SSSR count). The Labute approximate surface area is 127 Å². The van der Waals surface area contributed by atoms with Crippen LogP contribution in [0.2, 0.25) is 0 Å². The third-order valence-corrected chi connectivity index (χ3v) is 5.72. The summed E-state index contributed by atoms with van der Waals surface area (Å²) in [4.78, 5) is 16.0. The second-order valence-electron chi connectivity index (χ2n) is 5.54. The Morgan fingerprint density at radius 3 is 2.75 bits per heavy atom. The highest BCUT2D eigenvalue weighted by molar-refractivity contribution is 7.12. The van der Waals surface area contributed by atoms with E-state index in [1.807, 2.05) is 5.38 Å². The molecule has 1 aliphatic rings. The van der Waals surface area contributed by atoms with Crippen LogP contribution >= 0.6 is 22.7 Å². The van der Waals surface area contributed by atoms with Crippen molar-refractivity contribution in [2.45, 2.75) is 45.6 Å². The van der Waals surface area contributed by atoms with Gasteiger partial charge in [0, 0.05) is 9.75 Å². The van der Waals surface area contributed by atoms with E-state index < -0.39 is 0 Å². The molecule has 0 bridgehead atoms. The molecule has 0 spiro atoms. The summed E-state index contributed by atoms with van der Waals surface area (Å²) in [5.41, 5.74) is 2.49. The Morgan fingerprint density at radius 1 is 1.40 bits per heavy atom. The molecule has 106 valence electrons. The van der Waals surface area contributed by atoms with Gasteiger partial charge in [-0.2, -0.15) is 0 Å². The molecule has 1 N–H and O–H groups in total. The third-order valence-electron chi connectivity index (χ3n) is 3.81. The zero-order chi connectivity index (χ0) is 14.3. The number of nitrogens with one attached hydrogen (secondary N) is 1. The first-order valence-electron chi connectivity index (χ1n) is 7.01. The lowest BCUT2D eigenvalue weighted by atomic mass is 10.1. The lowest BCUT2D eigenvalue weighted by Crippen LogP contribution is -2.26. The number of thiophene rings is 2. The van der Waals surface area contributed by atoms with Gasteiger partial charge in [-0.3, -0.25) is 4.79 Å². The van der Waals surface area contributed by atoms with Crippen LogP contribution in [0.25, 0.3) is 0 Å². The van der Waals surface area contributed by atoms with Crippen molar-refractivity contribution in [1.82, 2.24) is 5.32 Å². The largest absolute Gasteiger partial charge is 0.345 e. The summed E-state index contributed by atoms with van der Waals surface area (Å²) in [6, 6.07) is 4.37. The Balaban J connectivity index is 1.75. The van der Waals surface area contributed by atoms with Crippen molar-refractivity contribution in [3.8, 4) is 0 Å². The molecule has 1 aliphatic carbocycles. The van der Waals surface area contributed by atoms with Crippen molar-refractivity contribution in [1.29, 1.82) is 0 Å². The smallest absolute Gasteiger partial charge is 0.262 e. The van der Waals surface area contributed by atoms with Crippen molar-refractivity contribution in [2.75, 3.05) is 0 Å². The van der Waals surface area contributed by atoms with Gasteiger partial charge in [-0.1, -0.05) is 0 Å². The van der Waals surface area contributed by atoms with E-state index in [9.17, 15) is 4.79 Å². The van der Waals surface area contributed by atoms with Crippen LogP contribution < -0.4 is 5.32 Å². The van der Waals surface area contributed by atoms with Gasteiger partial charge in [-0.05, 0) is 68.2 Å². The van der Waals surface area contributed by atoms with Crippen LogP contribution in [-0.2, 0) is 0 Å². The second-order valence-corrected chi connectivity index (χ2v) is 7.92. The van der Waals surface area contributed by atoms with Crippen LogP contribution in [0.1, 0.15) is 62.3 Å². The molecule has 2 nitrogen and oxygen atoms in total. The molecule has 0 radical (unpaired) electrons. The van der Waals surface area contributed by atoms with Gasteiger partial charge in [-0.15, -0.1) is 22.7 Å². The van der Waals surface area contributed by atoms with Crippen LogP contribution in [0.4, 0.5) is 0 Å². The Kier molecular flexibility index (Phi) is 3.69. The van der Waals surface area contributed by atoms with Crippen LogP contribution in [0, 0.1) is 13.8 Å².